The first kappa shape index (κ1) is 16.4. The Morgan fingerprint density at radius 3 is 2.41 bits per heavy atom. The number of nitrogens with one attached hydrogen (secondary N) is 1. The highest BCUT2D eigenvalue weighted by Gasteiger charge is 2.23. The van der Waals surface area contributed by atoms with Crippen molar-refractivity contribution >= 4 is 0 Å². The highest BCUT2D eigenvalue weighted by molar-refractivity contribution is 5.04. The lowest BCUT2D eigenvalue weighted by molar-refractivity contribution is 0.0602. The van der Waals surface area contributed by atoms with Gasteiger partial charge in [0.2, 0.25) is 0 Å². The monoisotopic (exact) mass is 240 g/mol. The van der Waals surface area contributed by atoms with Crippen molar-refractivity contribution in [1.29, 1.82) is 5.26 Å². The number of nitrogens with zero attached hydrogens (tertiary/aromatic N) is 1. The molecule has 0 spiro atoms. The summed E-state index contributed by atoms with van der Waals surface area (Å²) < 4.78 is 5.62. The molecule has 100 valence electrons. The van der Waals surface area contributed by atoms with E-state index in [1.54, 1.807) is 0 Å². The summed E-state index contributed by atoms with van der Waals surface area (Å²) in [6, 6.07) is 2.71. The number of hydrogen-bond donors (Lipinski definition) is 1. The van der Waals surface area contributed by atoms with Gasteiger partial charge in [-0.1, -0.05) is 6.92 Å². The number of unbranched alkanes of at least 4 members (excludes halogenated alkanes) is 1. The number of rotatable bonds is 9. The minimum Gasteiger partial charge on any atom is -0.379 e. The number of ether oxygens (including phenoxy) is 1. The largest absolute Gasteiger partial charge is 0.379 e. The molecule has 0 aliphatic rings. The molecule has 0 radical (unpaired) electrons. The molecule has 0 aliphatic heterocycles. The summed E-state index contributed by atoms with van der Waals surface area (Å²) in [5, 5.41) is 12.5. The van der Waals surface area contributed by atoms with E-state index in [1.807, 2.05) is 6.92 Å². The third-order valence-corrected chi connectivity index (χ3v) is 2.90. The SMILES string of the molecule is CCC(C)OCCCCC(C)(C#N)NC(C)C. The zero-order chi connectivity index (χ0) is 13.3. The average molecular weight is 240 g/mol. The van der Waals surface area contributed by atoms with Crippen LogP contribution < -0.4 is 5.32 Å². The van der Waals surface area contributed by atoms with Crippen LogP contribution in [0, 0.1) is 11.3 Å². The lowest BCUT2D eigenvalue weighted by Crippen LogP contribution is -2.44. The van der Waals surface area contributed by atoms with Gasteiger partial charge in [0.05, 0.1) is 12.2 Å². The fraction of sp³-hybridized carbons (Fsp3) is 0.929. The molecule has 0 aromatic heterocycles. The maximum atomic E-state index is 9.17. The van der Waals surface area contributed by atoms with E-state index in [4.69, 9.17) is 4.74 Å². The van der Waals surface area contributed by atoms with E-state index in [2.05, 4.69) is 39.1 Å². The van der Waals surface area contributed by atoms with Crippen LogP contribution in [0.3, 0.4) is 0 Å². The Balaban J connectivity index is 3.74. The molecule has 0 aromatic rings. The van der Waals surface area contributed by atoms with Gasteiger partial charge < -0.3 is 4.74 Å². The van der Waals surface area contributed by atoms with E-state index >= 15 is 0 Å². The molecule has 17 heavy (non-hydrogen) atoms. The summed E-state index contributed by atoms with van der Waals surface area (Å²) in [5.74, 6) is 0. The summed E-state index contributed by atoms with van der Waals surface area (Å²) in [7, 11) is 0. The van der Waals surface area contributed by atoms with Crippen LogP contribution in [0.1, 0.15) is 60.3 Å². The standard InChI is InChI=1S/C14H28N2O/c1-6-13(4)17-10-8-7-9-14(5,11-15)16-12(2)3/h12-13,16H,6-10H2,1-5H3. The highest BCUT2D eigenvalue weighted by Crippen LogP contribution is 2.14. The van der Waals surface area contributed by atoms with Crippen molar-refractivity contribution in [2.75, 3.05) is 6.61 Å². The van der Waals surface area contributed by atoms with Crippen molar-refractivity contribution in [2.45, 2.75) is 78.0 Å². The van der Waals surface area contributed by atoms with Crippen LogP contribution in [-0.4, -0.2) is 24.3 Å². The van der Waals surface area contributed by atoms with Crippen molar-refractivity contribution < 1.29 is 4.74 Å². The molecule has 1 N–H and O–H groups in total. The zero-order valence-electron chi connectivity index (χ0n) is 12.0. The van der Waals surface area contributed by atoms with E-state index in [0.29, 0.717) is 12.1 Å². The normalized spacial score (nSPS) is 16.5. The topological polar surface area (TPSA) is 45.0 Å². The van der Waals surface area contributed by atoms with Gasteiger partial charge in [-0.05, 0) is 53.4 Å². The highest BCUT2D eigenvalue weighted by atomic mass is 16.5. The Hall–Kier alpha value is -0.590. The summed E-state index contributed by atoms with van der Waals surface area (Å²) in [5.41, 5.74) is -0.398. The molecule has 2 unspecified atom stereocenters. The average Bonchev–Trinajstić information content (AvgIpc) is 2.27. The Labute approximate surface area is 107 Å². The van der Waals surface area contributed by atoms with Gasteiger partial charge in [-0.2, -0.15) is 5.26 Å². The van der Waals surface area contributed by atoms with Gasteiger partial charge >= 0.3 is 0 Å². The quantitative estimate of drug-likeness (QED) is 0.629. The molecule has 0 bridgehead atoms. The van der Waals surface area contributed by atoms with Crippen LogP contribution in [0.5, 0.6) is 0 Å². The van der Waals surface area contributed by atoms with E-state index in [1.165, 1.54) is 0 Å². The minimum absolute atomic E-state index is 0.344. The fourth-order valence-corrected chi connectivity index (χ4v) is 1.78. The van der Waals surface area contributed by atoms with E-state index in [0.717, 1.165) is 32.3 Å². The molecule has 0 amide bonds. The Morgan fingerprint density at radius 1 is 1.29 bits per heavy atom. The van der Waals surface area contributed by atoms with Gasteiger partial charge in [-0.25, -0.2) is 0 Å². The summed E-state index contributed by atoms with van der Waals surface area (Å²) in [4.78, 5) is 0. The third-order valence-electron chi connectivity index (χ3n) is 2.90. The third kappa shape index (κ3) is 8.18. The van der Waals surface area contributed by atoms with Crippen molar-refractivity contribution in [3.05, 3.63) is 0 Å². The van der Waals surface area contributed by atoms with E-state index < -0.39 is 5.54 Å². The first-order chi connectivity index (χ1) is 7.93. The number of hydrogen-bond acceptors (Lipinski definition) is 3. The van der Waals surface area contributed by atoms with Crippen LogP contribution in [-0.2, 0) is 4.74 Å². The molecule has 0 heterocycles. The zero-order valence-corrected chi connectivity index (χ0v) is 12.0. The van der Waals surface area contributed by atoms with Gasteiger partial charge in [0.15, 0.2) is 0 Å². The molecule has 0 aliphatic carbocycles. The Bertz CT molecular complexity index is 235. The van der Waals surface area contributed by atoms with Gasteiger partial charge in [-0.3, -0.25) is 5.32 Å². The molecule has 0 saturated heterocycles. The van der Waals surface area contributed by atoms with Crippen molar-refractivity contribution in [1.82, 2.24) is 5.32 Å². The molecule has 0 aromatic carbocycles. The molecule has 0 fully saturated rings. The molecular formula is C14H28N2O. The minimum atomic E-state index is -0.398. The summed E-state index contributed by atoms with van der Waals surface area (Å²) in [6.45, 7) is 11.1. The van der Waals surface area contributed by atoms with Crippen LogP contribution >= 0.6 is 0 Å². The van der Waals surface area contributed by atoms with Crippen molar-refractivity contribution in [3.8, 4) is 6.07 Å². The molecular weight excluding hydrogens is 212 g/mol. The molecule has 2 atom stereocenters. The lowest BCUT2D eigenvalue weighted by Gasteiger charge is -2.25. The van der Waals surface area contributed by atoms with Gasteiger partial charge in [-0.15, -0.1) is 0 Å². The predicted molar refractivity (Wildman–Crippen MR) is 71.8 cm³/mol. The molecule has 3 nitrogen and oxygen atoms in total. The smallest absolute Gasteiger partial charge is 0.104 e. The van der Waals surface area contributed by atoms with Crippen molar-refractivity contribution in [2.24, 2.45) is 0 Å². The molecule has 0 saturated carbocycles. The van der Waals surface area contributed by atoms with Crippen LogP contribution in [0.2, 0.25) is 0 Å². The Kier molecular flexibility index (Phi) is 8.20. The van der Waals surface area contributed by atoms with E-state index in [-0.39, 0.29) is 0 Å². The lowest BCUT2D eigenvalue weighted by atomic mass is 9.96. The fourth-order valence-electron chi connectivity index (χ4n) is 1.78. The van der Waals surface area contributed by atoms with Gasteiger partial charge in [0, 0.05) is 12.6 Å². The van der Waals surface area contributed by atoms with Gasteiger partial charge in [0.1, 0.15) is 5.54 Å². The second-order valence-corrected chi connectivity index (χ2v) is 5.29. The first-order valence-electron chi connectivity index (χ1n) is 6.74. The Morgan fingerprint density at radius 2 is 1.94 bits per heavy atom. The second-order valence-electron chi connectivity index (χ2n) is 5.29. The van der Waals surface area contributed by atoms with Crippen molar-refractivity contribution in [3.63, 3.8) is 0 Å². The maximum absolute atomic E-state index is 9.17. The molecule has 0 rings (SSSR count). The van der Waals surface area contributed by atoms with Crippen LogP contribution in [0.4, 0.5) is 0 Å². The first-order valence-corrected chi connectivity index (χ1v) is 6.74. The van der Waals surface area contributed by atoms with Gasteiger partial charge in [0.25, 0.3) is 0 Å². The predicted octanol–water partition coefficient (Wildman–Crippen LogP) is 3.25. The summed E-state index contributed by atoms with van der Waals surface area (Å²) in [6.07, 6.45) is 4.35. The van der Waals surface area contributed by atoms with E-state index in [9.17, 15) is 5.26 Å². The molecule has 3 heteroatoms. The van der Waals surface area contributed by atoms with Crippen LogP contribution in [0.25, 0.3) is 0 Å². The second kappa shape index (κ2) is 8.49. The number of nitriles is 1. The van der Waals surface area contributed by atoms with Crippen LogP contribution in [0.15, 0.2) is 0 Å². The summed E-state index contributed by atoms with van der Waals surface area (Å²) >= 11 is 0. The maximum Gasteiger partial charge on any atom is 0.104 e.